The van der Waals surface area contributed by atoms with Crippen LogP contribution in [-0.4, -0.2) is 84.4 Å². The molecule has 0 aliphatic carbocycles. The quantitative estimate of drug-likeness (QED) is 0.130. The molecule has 10 nitrogen and oxygen atoms in total. The summed E-state index contributed by atoms with van der Waals surface area (Å²) in [6, 6.07) is 0.300. The van der Waals surface area contributed by atoms with Crippen LogP contribution in [0.4, 0.5) is 9.59 Å². The summed E-state index contributed by atoms with van der Waals surface area (Å²) < 4.78 is 5.53. The van der Waals surface area contributed by atoms with Gasteiger partial charge in [0.05, 0.1) is 49.2 Å². The van der Waals surface area contributed by atoms with Gasteiger partial charge in [-0.15, -0.1) is 22.7 Å². The van der Waals surface area contributed by atoms with Crippen LogP contribution in [0.3, 0.4) is 0 Å². The van der Waals surface area contributed by atoms with E-state index in [9.17, 15) is 9.59 Å². The van der Waals surface area contributed by atoms with Crippen LogP contribution in [0.15, 0.2) is 12.7 Å². The lowest BCUT2D eigenvalue weighted by Crippen LogP contribution is -2.57. The number of hydrogen-bond acceptors (Lipinski definition) is 9. The molecule has 3 aliphatic rings. The summed E-state index contributed by atoms with van der Waals surface area (Å²) in [5.74, 6) is 0. The van der Waals surface area contributed by atoms with Crippen molar-refractivity contribution in [2.24, 2.45) is 0 Å². The van der Waals surface area contributed by atoms with Gasteiger partial charge in [-0.2, -0.15) is 0 Å². The number of fused-ring (bicyclic) bond motifs is 6. The highest BCUT2D eigenvalue weighted by molar-refractivity contribution is 7.19. The molecule has 0 bridgehead atoms. The number of halogens is 3. The minimum atomic E-state index is -0.412. The highest BCUT2D eigenvalue weighted by atomic mass is 35.5. The molecule has 0 N–H and O–H groups in total. The number of rotatable bonds is 0. The molecule has 3 amide bonds. The van der Waals surface area contributed by atoms with Crippen molar-refractivity contribution in [1.82, 2.24) is 34.6 Å². The summed E-state index contributed by atoms with van der Waals surface area (Å²) in [7, 11) is 0. The van der Waals surface area contributed by atoms with Gasteiger partial charge in [-0.25, -0.2) is 24.7 Å². The lowest BCUT2D eigenvalue weighted by atomic mass is 10.1. The van der Waals surface area contributed by atoms with E-state index in [1.54, 1.807) is 27.6 Å². The minimum Gasteiger partial charge on any atom is -0.377 e. The number of thiophene rings is 2. The predicted octanol–water partition coefficient (Wildman–Crippen LogP) is 5.99. The molecule has 4 aromatic heterocycles. The Kier molecular flexibility index (Phi) is 8.23. The Balaban J connectivity index is 0.000000156. The van der Waals surface area contributed by atoms with E-state index in [-0.39, 0.29) is 18.1 Å². The standard InChI is InChI=1S/C16H19ClN4O2S.C10H7Cl2N3OS/c1-9-6-23-7-10(2)21(9)16(22)20-4-3-11-12(5-20)24-15-13(11)14(17)18-8-19-15;11-8-7-5-1-2-15(10(12)16)3-6(5)17-9(7)14-4-13-8/h8-10H,3-7H2,1-2H3;4H,1-3H2/t9-,10-;/m0./s1. The van der Waals surface area contributed by atoms with E-state index >= 15 is 0 Å². The maximum atomic E-state index is 13.0. The van der Waals surface area contributed by atoms with E-state index < -0.39 is 5.37 Å². The Morgan fingerprint density at radius 3 is 1.83 bits per heavy atom. The molecule has 0 unspecified atom stereocenters. The normalized spacial score (nSPS) is 20.5. The minimum absolute atomic E-state index is 0.0959. The van der Waals surface area contributed by atoms with Gasteiger partial charge >= 0.3 is 11.4 Å². The summed E-state index contributed by atoms with van der Waals surface area (Å²) in [6.45, 7) is 7.74. The molecule has 1 saturated heterocycles. The maximum absolute atomic E-state index is 13.0. The lowest BCUT2D eigenvalue weighted by molar-refractivity contribution is -0.0226. The van der Waals surface area contributed by atoms with Gasteiger partial charge in [-0.1, -0.05) is 23.2 Å². The molecule has 0 aromatic carbocycles. The monoisotopic (exact) mass is 653 g/mol. The van der Waals surface area contributed by atoms with Gasteiger partial charge in [0.15, 0.2) is 0 Å². The van der Waals surface area contributed by atoms with E-state index in [2.05, 4.69) is 19.9 Å². The van der Waals surface area contributed by atoms with E-state index in [1.807, 2.05) is 23.6 Å². The van der Waals surface area contributed by atoms with Crippen molar-refractivity contribution in [1.29, 1.82) is 0 Å². The van der Waals surface area contributed by atoms with Gasteiger partial charge in [0.25, 0.3) is 0 Å². The molecule has 3 aliphatic heterocycles. The second kappa shape index (κ2) is 11.7. The first-order valence-electron chi connectivity index (χ1n) is 13.1. The fraction of sp³-hybridized carbons (Fsp3) is 0.462. The van der Waals surface area contributed by atoms with Crippen LogP contribution < -0.4 is 0 Å². The van der Waals surface area contributed by atoms with Crippen molar-refractivity contribution >= 4 is 89.3 Å². The summed E-state index contributed by atoms with van der Waals surface area (Å²) in [5.41, 5.74) is 2.36. The number of nitrogens with zero attached hydrogens (tertiary/aromatic N) is 7. The zero-order valence-corrected chi connectivity index (χ0v) is 26.2. The largest absolute Gasteiger partial charge is 0.377 e. The first kappa shape index (κ1) is 28.8. The Bertz CT molecular complexity index is 1640. The van der Waals surface area contributed by atoms with Crippen LogP contribution in [0, 0.1) is 0 Å². The van der Waals surface area contributed by atoms with Crippen LogP contribution in [0.5, 0.6) is 0 Å². The van der Waals surface area contributed by atoms with E-state index in [0.717, 1.165) is 43.7 Å². The van der Waals surface area contributed by atoms with Gasteiger partial charge in [0, 0.05) is 22.8 Å². The smallest absolute Gasteiger partial charge is 0.320 e. The summed E-state index contributed by atoms with van der Waals surface area (Å²) in [5, 5.41) is 2.46. The molecule has 0 saturated carbocycles. The molecule has 2 atom stereocenters. The molecule has 0 spiro atoms. The average molecular weight is 655 g/mol. The number of carbonyl (C=O) groups excluding carboxylic acids is 2. The van der Waals surface area contributed by atoms with Crippen molar-refractivity contribution in [3.63, 3.8) is 0 Å². The SMILES string of the molecule is C[C@H]1COC[C@H](C)N1C(=O)N1CCc2c(sc3ncnc(Cl)c23)C1.O=C(Cl)N1CCc2c(sc3ncnc(Cl)c23)C1. The van der Waals surface area contributed by atoms with Crippen molar-refractivity contribution < 1.29 is 14.3 Å². The predicted molar refractivity (Wildman–Crippen MR) is 161 cm³/mol. The first-order chi connectivity index (χ1) is 19.7. The molecule has 4 aromatic rings. The summed E-state index contributed by atoms with van der Waals surface area (Å²) >= 11 is 21.0. The molecular weight excluding hydrogens is 629 g/mol. The Morgan fingerprint density at radius 2 is 1.32 bits per heavy atom. The maximum Gasteiger partial charge on any atom is 0.320 e. The van der Waals surface area contributed by atoms with Gasteiger partial charge in [-0.05, 0) is 49.4 Å². The summed E-state index contributed by atoms with van der Waals surface area (Å²) in [4.78, 5) is 50.3. The number of aromatic nitrogens is 4. The third kappa shape index (κ3) is 5.46. The van der Waals surface area contributed by atoms with Crippen molar-refractivity contribution in [3.05, 3.63) is 43.8 Å². The second-order valence-corrected chi connectivity index (χ2v) is 13.4. The molecular formula is C26H26Cl3N7O3S2. The van der Waals surface area contributed by atoms with Crippen LogP contribution in [-0.2, 0) is 30.7 Å². The van der Waals surface area contributed by atoms with Crippen molar-refractivity contribution in [2.45, 2.75) is 51.9 Å². The van der Waals surface area contributed by atoms with Crippen LogP contribution in [0.2, 0.25) is 10.3 Å². The fourth-order valence-corrected chi connectivity index (χ4v) is 8.79. The summed E-state index contributed by atoms with van der Waals surface area (Å²) in [6.07, 6.45) is 4.49. The topological polar surface area (TPSA) is 105 Å². The highest BCUT2D eigenvalue weighted by Gasteiger charge is 2.35. The third-order valence-electron chi connectivity index (χ3n) is 7.59. The van der Waals surface area contributed by atoms with Gasteiger partial charge in [0.2, 0.25) is 0 Å². The zero-order chi connectivity index (χ0) is 28.8. The van der Waals surface area contributed by atoms with Gasteiger partial charge < -0.3 is 19.4 Å². The number of amides is 3. The highest BCUT2D eigenvalue weighted by Crippen LogP contribution is 2.38. The molecule has 0 radical (unpaired) electrons. The van der Waals surface area contributed by atoms with E-state index in [0.29, 0.717) is 49.7 Å². The van der Waals surface area contributed by atoms with Crippen LogP contribution in [0.25, 0.3) is 20.4 Å². The van der Waals surface area contributed by atoms with Gasteiger partial charge in [-0.3, -0.25) is 4.79 Å². The molecule has 216 valence electrons. The van der Waals surface area contributed by atoms with E-state index in [1.165, 1.54) is 23.1 Å². The Morgan fingerprint density at radius 1 is 0.829 bits per heavy atom. The number of hydrogen-bond donors (Lipinski definition) is 0. The number of morpholine rings is 1. The van der Waals surface area contributed by atoms with E-state index in [4.69, 9.17) is 39.5 Å². The average Bonchev–Trinajstić information content (AvgIpc) is 3.52. The Labute approximate surface area is 259 Å². The number of ether oxygens (including phenoxy) is 1. The molecule has 1 fully saturated rings. The van der Waals surface area contributed by atoms with Crippen LogP contribution in [0.1, 0.15) is 34.7 Å². The number of urea groups is 1. The van der Waals surface area contributed by atoms with Crippen molar-refractivity contribution in [2.75, 3.05) is 26.3 Å². The van der Waals surface area contributed by atoms with Crippen LogP contribution >= 0.6 is 57.5 Å². The third-order valence-corrected chi connectivity index (χ3v) is 10.7. The number of carbonyl (C=O) groups is 2. The van der Waals surface area contributed by atoms with Crippen molar-refractivity contribution in [3.8, 4) is 0 Å². The lowest BCUT2D eigenvalue weighted by Gasteiger charge is -2.42. The molecule has 15 heteroatoms. The Hall–Kier alpha value is -2.35. The molecule has 7 rings (SSSR count). The zero-order valence-electron chi connectivity index (χ0n) is 22.3. The fourth-order valence-electron chi connectivity index (χ4n) is 5.64. The second-order valence-electron chi connectivity index (χ2n) is 10.2. The van der Waals surface area contributed by atoms with Gasteiger partial charge in [0.1, 0.15) is 32.6 Å². The molecule has 7 heterocycles. The first-order valence-corrected chi connectivity index (χ1v) is 15.9. The molecule has 41 heavy (non-hydrogen) atoms.